The lowest BCUT2D eigenvalue weighted by Crippen LogP contribution is -2.33. The SMILES string of the molecule is O=C1C2C3C=CC(C3=C3CCCCC3)C2C(=O)N1c1ccc(Cl)c(Cl)c1. The van der Waals surface area contributed by atoms with Gasteiger partial charge in [0.2, 0.25) is 11.8 Å². The Morgan fingerprint density at radius 1 is 0.846 bits per heavy atom. The molecule has 5 heteroatoms. The largest absolute Gasteiger partial charge is 0.274 e. The smallest absolute Gasteiger partial charge is 0.238 e. The van der Waals surface area contributed by atoms with Crippen LogP contribution >= 0.6 is 23.2 Å². The Morgan fingerprint density at radius 3 is 2.04 bits per heavy atom. The second-order valence-corrected chi connectivity index (χ2v) is 8.53. The summed E-state index contributed by atoms with van der Waals surface area (Å²) in [4.78, 5) is 27.7. The molecule has 3 aliphatic carbocycles. The molecule has 0 aromatic heterocycles. The van der Waals surface area contributed by atoms with Crippen LogP contribution in [-0.2, 0) is 9.59 Å². The fourth-order valence-electron chi connectivity index (χ4n) is 5.38. The van der Waals surface area contributed by atoms with Crippen LogP contribution in [0.15, 0.2) is 41.5 Å². The zero-order valence-corrected chi connectivity index (χ0v) is 15.8. The fourth-order valence-corrected chi connectivity index (χ4v) is 5.67. The Hall–Kier alpha value is -1.58. The van der Waals surface area contributed by atoms with Gasteiger partial charge in [0.15, 0.2) is 0 Å². The Morgan fingerprint density at radius 2 is 1.46 bits per heavy atom. The minimum atomic E-state index is -0.253. The molecule has 5 rings (SSSR count). The highest BCUT2D eigenvalue weighted by Gasteiger charge is 2.62. The zero-order chi connectivity index (χ0) is 18.0. The standard InChI is InChI=1S/C21H19Cl2NO2/c22-15-9-6-12(10-16(15)23)24-20(25)18-13-7-8-14(19(18)21(24)26)17(13)11-4-2-1-3-5-11/h6-10,13-14,18-19H,1-5H2. The second-order valence-electron chi connectivity index (χ2n) is 7.72. The van der Waals surface area contributed by atoms with Gasteiger partial charge in [0.1, 0.15) is 0 Å². The number of amides is 2. The lowest BCUT2D eigenvalue weighted by molar-refractivity contribution is -0.122. The van der Waals surface area contributed by atoms with Crippen LogP contribution in [0.3, 0.4) is 0 Å². The summed E-state index contributed by atoms with van der Waals surface area (Å²) in [5.41, 5.74) is 3.41. The van der Waals surface area contributed by atoms with Crippen molar-refractivity contribution < 1.29 is 9.59 Å². The molecule has 2 bridgehead atoms. The van der Waals surface area contributed by atoms with E-state index in [2.05, 4.69) is 12.2 Å². The normalized spacial score (nSPS) is 32.8. The van der Waals surface area contributed by atoms with E-state index in [0.29, 0.717) is 15.7 Å². The van der Waals surface area contributed by atoms with E-state index < -0.39 is 0 Å². The van der Waals surface area contributed by atoms with Gasteiger partial charge in [0.05, 0.1) is 27.6 Å². The van der Waals surface area contributed by atoms with Crippen molar-refractivity contribution in [2.75, 3.05) is 4.90 Å². The molecule has 26 heavy (non-hydrogen) atoms. The lowest BCUT2D eigenvalue weighted by atomic mass is 9.85. The summed E-state index contributed by atoms with van der Waals surface area (Å²) in [5.74, 6) is -0.495. The van der Waals surface area contributed by atoms with E-state index in [0.717, 1.165) is 12.8 Å². The molecule has 3 fully saturated rings. The summed E-state index contributed by atoms with van der Waals surface area (Å²) in [5, 5.41) is 0.772. The van der Waals surface area contributed by atoms with Crippen LogP contribution in [0, 0.1) is 23.7 Å². The van der Waals surface area contributed by atoms with E-state index in [-0.39, 0.29) is 35.5 Å². The van der Waals surface area contributed by atoms with Gasteiger partial charge in [-0.05, 0) is 43.9 Å². The fraction of sp³-hybridized carbons (Fsp3) is 0.429. The van der Waals surface area contributed by atoms with Gasteiger partial charge in [-0.1, -0.05) is 52.9 Å². The molecule has 134 valence electrons. The predicted molar refractivity (Wildman–Crippen MR) is 102 cm³/mol. The Kier molecular flexibility index (Phi) is 3.81. The molecule has 1 aromatic carbocycles. The van der Waals surface area contributed by atoms with E-state index in [9.17, 15) is 9.59 Å². The summed E-state index contributed by atoms with van der Waals surface area (Å²) in [6.07, 6.45) is 10.3. The highest BCUT2D eigenvalue weighted by Crippen LogP contribution is 2.58. The molecular weight excluding hydrogens is 369 g/mol. The quantitative estimate of drug-likeness (QED) is 0.491. The summed E-state index contributed by atoms with van der Waals surface area (Å²) in [6, 6.07) is 4.94. The summed E-state index contributed by atoms with van der Waals surface area (Å²) in [6.45, 7) is 0. The number of rotatable bonds is 1. The molecule has 1 aliphatic heterocycles. The third kappa shape index (κ3) is 2.20. The number of allylic oxidation sites excluding steroid dienone is 4. The van der Waals surface area contributed by atoms with Gasteiger partial charge < -0.3 is 0 Å². The Balaban J connectivity index is 1.53. The molecule has 3 nitrogen and oxygen atoms in total. The number of imide groups is 1. The van der Waals surface area contributed by atoms with Crippen LogP contribution in [0.2, 0.25) is 10.0 Å². The molecular formula is C21H19Cl2NO2. The zero-order valence-electron chi connectivity index (χ0n) is 14.3. The maximum atomic E-state index is 13.2. The van der Waals surface area contributed by atoms with E-state index in [1.54, 1.807) is 18.2 Å². The van der Waals surface area contributed by atoms with Gasteiger partial charge >= 0.3 is 0 Å². The average molecular weight is 388 g/mol. The molecule has 2 amide bonds. The third-order valence-electron chi connectivity index (χ3n) is 6.44. The van der Waals surface area contributed by atoms with Crippen molar-refractivity contribution in [2.24, 2.45) is 23.7 Å². The molecule has 0 radical (unpaired) electrons. The first-order chi connectivity index (χ1) is 12.6. The number of anilines is 1. The van der Waals surface area contributed by atoms with Crippen molar-refractivity contribution in [3.8, 4) is 0 Å². The van der Waals surface area contributed by atoms with E-state index in [4.69, 9.17) is 23.2 Å². The van der Waals surface area contributed by atoms with Gasteiger partial charge in [-0.15, -0.1) is 0 Å². The van der Waals surface area contributed by atoms with Crippen LogP contribution < -0.4 is 4.90 Å². The van der Waals surface area contributed by atoms with Crippen molar-refractivity contribution in [3.05, 3.63) is 51.5 Å². The summed E-state index contributed by atoms with van der Waals surface area (Å²) in [7, 11) is 0. The van der Waals surface area contributed by atoms with Gasteiger partial charge in [-0.25, -0.2) is 4.90 Å². The van der Waals surface area contributed by atoms with Crippen molar-refractivity contribution in [1.29, 1.82) is 0 Å². The number of benzene rings is 1. The molecule has 1 saturated heterocycles. The van der Waals surface area contributed by atoms with Gasteiger partial charge in [0, 0.05) is 11.8 Å². The molecule has 0 spiro atoms. The van der Waals surface area contributed by atoms with Gasteiger partial charge in [0.25, 0.3) is 0 Å². The van der Waals surface area contributed by atoms with Crippen molar-refractivity contribution in [3.63, 3.8) is 0 Å². The second kappa shape index (κ2) is 5.97. The number of fused-ring (bicyclic) bond motifs is 5. The maximum Gasteiger partial charge on any atom is 0.238 e. The Labute approximate surface area is 162 Å². The van der Waals surface area contributed by atoms with Crippen LogP contribution in [0.5, 0.6) is 0 Å². The number of nitrogens with zero attached hydrogens (tertiary/aromatic N) is 1. The first-order valence-corrected chi connectivity index (χ1v) is 10.1. The van der Waals surface area contributed by atoms with Crippen LogP contribution in [0.4, 0.5) is 5.69 Å². The monoisotopic (exact) mass is 387 g/mol. The number of carbonyl (C=O) groups excluding carboxylic acids is 2. The number of hydrogen-bond acceptors (Lipinski definition) is 2. The summed E-state index contributed by atoms with van der Waals surface area (Å²) < 4.78 is 0. The number of halogens is 2. The van der Waals surface area contributed by atoms with Crippen molar-refractivity contribution >= 4 is 40.7 Å². The van der Waals surface area contributed by atoms with Crippen LogP contribution in [0.25, 0.3) is 0 Å². The molecule has 2 saturated carbocycles. The average Bonchev–Trinajstić information content (AvgIpc) is 3.28. The molecule has 4 atom stereocenters. The van der Waals surface area contributed by atoms with E-state index >= 15 is 0 Å². The molecule has 4 unspecified atom stereocenters. The predicted octanol–water partition coefficient (Wildman–Crippen LogP) is 5.18. The number of hydrogen-bond donors (Lipinski definition) is 0. The first-order valence-electron chi connectivity index (χ1n) is 9.31. The topological polar surface area (TPSA) is 37.4 Å². The van der Waals surface area contributed by atoms with Crippen molar-refractivity contribution in [2.45, 2.75) is 32.1 Å². The molecule has 0 N–H and O–H groups in total. The number of carbonyl (C=O) groups is 2. The first kappa shape index (κ1) is 16.6. The maximum absolute atomic E-state index is 13.2. The van der Waals surface area contributed by atoms with Crippen LogP contribution in [0.1, 0.15) is 32.1 Å². The lowest BCUT2D eigenvalue weighted by Gasteiger charge is -2.23. The molecule has 1 aromatic rings. The molecule has 1 heterocycles. The van der Waals surface area contributed by atoms with E-state index in [1.165, 1.54) is 35.3 Å². The van der Waals surface area contributed by atoms with Gasteiger partial charge in [-0.2, -0.15) is 0 Å². The highest BCUT2D eigenvalue weighted by atomic mass is 35.5. The highest BCUT2D eigenvalue weighted by molar-refractivity contribution is 6.42. The Bertz CT molecular complexity index is 846. The minimum absolute atomic E-state index is 0.0934. The minimum Gasteiger partial charge on any atom is -0.274 e. The summed E-state index contributed by atoms with van der Waals surface area (Å²) >= 11 is 12.1. The third-order valence-corrected chi connectivity index (χ3v) is 7.18. The van der Waals surface area contributed by atoms with Gasteiger partial charge in [-0.3, -0.25) is 9.59 Å². The molecule has 4 aliphatic rings. The van der Waals surface area contributed by atoms with Crippen LogP contribution in [-0.4, -0.2) is 11.8 Å². The van der Waals surface area contributed by atoms with E-state index in [1.807, 2.05) is 0 Å². The van der Waals surface area contributed by atoms with Crippen molar-refractivity contribution in [1.82, 2.24) is 0 Å².